The van der Waals surface area contributed by atoms with Gasteiger partial charge in [0.05, 0.1) is 12.5 Å². The molecular weight excluding hydrogens is 244 g/mol. The molecule has 2 unspecified atom stereocenters. The normalized spacial score (nSPS) is 20.4. The molecule has 2 amide bonds. The number of aliphatic hydroxyl groups excluding tert-OH is 1. The van der Waals surface area contributed by atoms with Gasteiger partial charge in [-0.05, 0) is 19.1 Å². The first-order valence-electron chi connectivity index (χ1n) is 6.38. The van der Waals surface area contributed by atoms with Crippen LogP contribution in [-0.2, 0) is 9.59 Å². The van der Waals surface area contributed by atoms with E-state index in [9.17, 15) is 9.59 Å². The fraction of sp³-hybridized carbons (Fsp3) is 0.429. The molecule has 0 aromatic heterocycles. The third-order valence-electron chi connectivity index (χ3n) is 3.23. The molecule has 1 saturated heterocycles. The number of hydrogen-bond donors (Lipinski definition) is 2. The zero-order chi connectivity index (χ0) is 13.8. The molecule has 0 bridgehead atoms. The quantitative estimate of drug-likeness (QED) is 0.832. The van der Waals surface area contributed by atoms with E-state index in [1.807, 2.05) is 30.3 Å². The summed E-state index contributed by atoms with van der Waals surface area (Å²) in [5, 5.41) is 11.6. The van der Waals surface area contributed by atoms with Gasteiger partial charge in [0.2, 0.25) is 11.8 Å². The monoisotopic (exact) mass is 262 g/mol. The van der Waals surface area contributed by atoms with E-state index in [2.05, 4.69) is 5.32 Å². The lowest BCUT2D eigenvalue weighted by Crippen LogP contribution is -2.40. The molecule has 1 aromatic carbocycles. The third-order valence-corrected chi connectivity index (χ3v) is 3.23. The summed E-state index contributed by atoms with van der Waals surface area (Å²) in [6.07, 6.45) is 0.221. The topological polar surface area (TPSA) is 69.6 Å². The van der Waals surface area contributed by atoms with Crippen LogP contribution < -0.4 is 10.2 Å². The van der Waals surface area contributed by atoms with Crippen molar-refractivity contribution < 1.29 is 14.7 Å². The van der Waals surface area contributed by atoms with Crippen LogP contribution in [0.15, 0.2) is 30.3 Å². The summed E-state index contributed by atoms with van der Waals surface area (Å²) in [6.45, 7) is 2.02. The maximum absolute atomic E-state index is 11.9. The lowest BCUT2D eigenvalue weighted by atomic mass is 10.1. The minimum Gasteiger partial charge on any atom is -0.394 e. The van der Waals surface area contributed by atoms with Gasteiger partial charge >= 0.3 is 0 Å². The second-order valence-corrected chi connectivity index (χ2v) is 4.83. The first-order valence-corrected chi connectivity index (χ1v) is 6.38. The van der Waals surface area contributed by atoms with Gasteiger partial charge in [-0.3, -0.25) is 9.59 Å². The molecule has 0 saturated carbocycles. The summed E-state index contributed by atoms with van der Waals surface area (Å²) >= 11 is 0. The minimum absolute atomic E-state index is 0.0389. The Morgan fingerprint density at radius 2 is 2.16 bits per heavy atom. The number of carbonyl (C=O) groups is 2. The summed E-state index contributed by atoms with van der Waals surface area (Å²) in [6, 6.07) is 9.04. The first kappa shape index (κ1) is 13.5. The number of aliphatic hydroxyl groups is 1. The van der Waals surface area contributed by atoms with Crippen LogP contribution in [0.5, 0.6) is 0 Å². The number of amides is 2. The van der Waals surface area contributed by atoms with E-state index >= 15 is 0 Å². The Kier molecular flexibility index (Phi) is 4.16. The largest absolute Gasteiger partial charge is 0.394 e. The van der Waals surface area contributed by atoms with Crippen molar-refractivity contribution in [2.45, 2.75) is 19.4 Å². The Labute approximate surface area is 112 Å². The molecule has 19 heavy (non-hydrogen) atoms. The van der Waals surface area contributed by atoms with E-state index in [1.54, 1.807) is 11.8 Å². The van der Waals surface area contributed by atoms with Gasteiger partial charge in [0.15, 0.2) is 0 Å². The van der Waals surface area contributed by atoms with Crippen LogP contribution in [0, 0.1) is 5.92 Å². The van der Waals surface area contributed by atoms with Gasteiger partial charge in [-0.25, -0.2) is 0 Å². The Morgan fingerprint density at radius 3 is 2.79 bits per heavy atom. The molecule has 102 valence electrons. The highest BCUT2D eigenvalue weighted by Crippen LogP contribution is 2.24. The second kappa shape index (κ2) is 5.84. The molecule has 5 heteroatoms. The molecule has 0 spiro atoms. The third kappa shape index (κ3) is 3.12. The van der Waals surface area contributed by atoms with Crippen molar-refractivity contribution >= 4 is 17.5 Å². The zero-order valence-corrected chi connectivity index (χ0v) is 10.9. The zero-order valence-electron chi connectivity index (χ0n) is 10.9. The molecule has 1 aliphatic rings. The maximum Gasteiger partial charge on any atom is 0.227 e. The molecule has 1 aromatic rings. The molecule has 0 aliphatic carbocycles. The summed E-state index contributed by atoms with van der Waals surface area (Å²) in [4.78, 5) is 25.5. The van der Waals surface area contributed by atoms with Crippen LogP contribution in [0.3, 0.4) is 0 Å². The van der Waals surface area contributed by atoms with Crippen LogP contribution in [-0.4, -0.2) is 36.1 Å². The predicted molar refractivity (Wildman–Crippen MR) is 71.6 cm³/mol. The molecule has 2 atom stereocenters. The average molecular weight is 262 g/mol. The molecule has 1 aliphatic heterocycles. The van der Waals surface area contributed by atoms with E-state index < -0.39 is 0 Å². The lowest BCUT2D eigenvalue weighted by Gasteiger charge is -2.17. The summed E-state index contributed by atoms with van der Waals surface area (Å²) in [5.41, 5.74) is 0.818. The van der Waals surface area contributed by atoms with Crippen molar-refractivity contribution in [2.24, 2.45) is 5.92 Å². The highest BCUT2D eigenvalue weighted by atomic mass is 16.3. The van der Waals surface area contributed by atoms with E-state index in [0.29, 0.717) is 6.54 Å². The SMILES string of the molecule is CC(CO)NC(=O)C1CC(=O)N(c2ccccc2)C1. The highest BCUT2D eigenvalue weighted by Gasteiger charge is 2.35. The predicted octanol–water partition coefficient (Wildman–Crippen LogP) is 0.536. The number of rotatable bonds is 4. The molecule has 1 heterocycles. The Morgan fingerprint density at radius 1 is 1.47 bits per heavy atom. The number of nitrogens with zero attached hydrogens (tertiary/aromatic N) is 1. The fourth-order valence-electron chi connectivity index (χ4n) is 2.15. The van der Waals surface area contributed by atoms with Crippen molar-refractivity contribution in [3.05, 3.63) is 30.3 Å². The summed E-state index contributed by atoms with van der Waals surface area (Å²) in [7, 11) is 0. The van der Waals surface area contributed by atoms with Crippen molar-refractivity contribution in [1.29, 1.82) is 0 Å². The van der Waals surface area contributed by atoms with Gasteiger partial charge in [-0.1, -0.05) is 18.2 Å². The first-order chi connectivity index (χ1) is 9.11. The van der Waals surface area contributed by atoms with E-state index in [1.165, 1.54) is 0 Å². The lowest BCUT2D eigenvalue weighted by molar-refractivity contribution is -0.127. The maximum atomic E-state index is 11.9. The Hall–Kier alpha value is -1.88. The van der Waals surface area contributed by atoms with Crippen LogP contribution >= 0.6 is 0 Å². The average Bonchev–Trinajstić information content (AvgIpc) is 2.82. The molecule has 2 rings (SSSR count). The second-order valence-electron chi connectivity index (χ2n) is 4.83. The number of para-hydroxylation sites is 1. The number of benzene rings is 1. The van der Waals surface area contributed by atoms with Crippen LogP contribution in [0.1, 0.15) is 13.3 Å². The molecule has 2 N–H and O–H groups in total. The van der Waals surface area contributed by atoms with E-state index in [0.717, 1.165) is 5.69 Å². The molecule has 5 nitrogen and oxygen atoms in total. The van der Waals surface area contributed by atoms with Gasteiger partial charge in [0.25, 0.3) is 0 Å². The van der Waals surface area contributed by atoms with Crippen molar-refractivity contribution in [3.8, 4) is 0 Å². The standard InChI is InChI=1S/C14H18N2O3/c1-10(9-17)15-14(19)11-7-13(18)16(8-11)12-5-3-2-4-6-12/h2-6,10-11,17H,7-9H2,1H3,(H,15,19). The van der Waals surface area contributed by atoms with E-state index in [-0.39, 0.29) is 36.8 Å². The molecular formula is C14H18N2O3. The summed E-state index contributed by atoms with van der Waals surface area (Å²) < 4.78 is 0. The van der Waals surface area contributed by atoms with Crippen LogP contribution in [0.25, 0.3) is 0 Å². The Balaban J connectivity index is 2.02. The van der Waals surface area contributed by atoms with E-state index in [4.69, 9.17) is 5.11 Å². The van der Waals surface area contributed by atoms with Crippen molar-refractivity contribution in [2.75, 3.05) is 18.1 Å². The Bertz CT molecular complexity index is 461. The van der Waals surface area contributed by atoms with Crippen LogP contribution in [0.4, 0.5) is 5.69 Å². The van der Waals surface area contributed by atoms with Gasteiger partial charge in [-0.15, -0.1) is 0 Å². The highest BCUT2D eigenvalue weighted by molar-refractivity contribution is 6.00. The number of hydrogen-bond acceptors (Lipinski definition) is 3. The van der Waals surface area contributed by atoms with Crippen LogP contribution in [0.2, 0.25) is 0 Å². The van der Waals surface area contributed by atoms with Gasteiger partial charge in [0, 0.05) is 24.7 Å². The van der Waals surface area contributed by atoms with Crippen molar-refractivity contribution in [1.82, 2.24) is 5.32 Å². The van der Waals surface area contributed by atoms with Gasteiger partial charge in [0.1, 0.15) is 0 Å². The number of carbonyl (C=O) groups excluding carboxylic acids is 2. The van der Waals surface area contributed by atoms with Gasteiger partial charge in [-0.2, -0.15) is 0 Å². The number of nitrogens with one attached hydrogen (secondary N) is 1. The number of anilines is 1. The fourth-order valence-corrected chi connectivity index (χ4v) is 2.15. The minimum atomic E-state index is -0.346. The molecule has 0 radical (unpaired) electrons. The summed E-state index contributed by atoms with van der Waals surface area (Å²) in [5.74, 6) is -0.557. The smallest absolute Gasteiger partial charge is 0.227 e. The van der Waals surface area contributed by atoms with Crippen molar-refractivity contribution in [3.63, 3.8) is 0 Å². The van der Waals surface area contributed by atoms with Gasteiger partial charge < -0.3 is 15.3 Å². The molecule has 1 fully saturated rings.